The number of rotatable bonds is 5. The van der Waals surface area contributed by atoms with Gasteiger partial charge in [0, 0.05) is 5.56 Å². The molecule has 0 aliphatic carbocycles. The highest BCUT2D eigenvalue weighted by atomic mass is 16.5. The van der Waals surface area contributed by atoms with E-state index in [2.05, 4.69) is 9.97 Å². The van der Waals surface area contributed by atoms with Crippen LogP contribution in [0.15, 0.2) is 30.6 Å². The van der Waals surface area contributed by atoms with Crippen molar-refractivity contribution in [3.63, 3.8) is 0 Å². The monoisotopic (exact) mass is 259 g/mol. The molecule has 0 radical (unpaired) electrons. The molecule has 2 rings (SSSR count). The van der Waals surface area contributed by atoms with Gasteiger partial charge in [0.2, 0.25) is 0 Å². The van der Waals surface area contributed by atoms with E-state index in [1.807, 2.05) is 32.0 Å². The van der Waals surface area contributed by atoms with Crippen LogP contribution >= 0.6 is 0 Å². The molecule has 0 aliphatic heterocycles. The van der Waals surface area contributed by atoms with Crippen molar-refractivity contribution in [1.29, 1.82) is 0 Å². The number of ether oxygens (including phenoxy) is 2. The van der Waals surface area contributed by atoms with Crippen LogP contribution in [-0.2, 0) is 0 Å². The summed E-state index contributed by atoms with van der Waals surface area (Å²) in [4.78, 5) is 8.27. The van der Waals surface area contributed by atoms with Crippen LogP contribution in [0.1, 0.15) is 13.8 Å². The molecule has 0 spiro atoms. The number of nitrogens with two attached hydrogens (primary N) is 1. The summed E-state index contributed by atoms with van der Waals surface area (Å²) in [6.07, 6.45) is 3.17. The van der Waals surface area contributed by atoms with Crippen LogP contribution in [0.2, 0.25) is 0 Å². The molecule has 0 fully saturated rings. The van der Waals surface area contributed by atoms with Crippen LogP contribution in [0.3, 0.4) is 0 Å². The molecule has 0 unspecified atom stereocenters. The second-order valence-corrected chi connectivity index (χ2v) is 3.85. The predicted octanol–water partition coefficient (Wildman–Crippen LogP) is 2.52. The van der Waals surface area contributed by atoms with Gasteiger partial charge in [0.05, 0.1) is 31.3 Å². The van der Waals surface area contributed by atoms with Gasteiger partial charge in [-0.3, -0.25) is 4.98 Å². The maximum absolute atomic E-state index is 5.58. The fourth-order valence-corrected chi connectivity index (χ4v) is 1.70. The van der Waals surface area contributed by atoms with Crippen LogP contribution in [0.25, 0.3) is 11.3 Å². The van der Waals surface area contributed by atoms with E-state index in [1.54, 1.807) is 6.20 Å². The molecule has 0 saturated carbocycles. The smallest absolute Gasteiger partial charge is 0.161 e. The van der Waals surface area contributed by atoms with Gasteiger partial charge in [0.25, 0.3) is 0 Å². The molecule has 1 heterocycles. The number of nitrogen functional groups attached to an aromatic ring is 1. The summed E-state index contributed by atoms with van der Waals surface area (Å²) in [6.45, 7) is 5.05. The minimum Gasteiger partial charge on any atom is -0.490 e. The fraction of sp³-hybridized carbons (Fsp3) is 0.286. The van der Waals surface area contributed by atoms with Gasteiger partial charge in [-0.05, 0) is 32.0 Å². The summed E-state index contributed by atoms with van der Waals surface area (Å²) in [7, 11) is 0. The number of benzene rings is 1. The summed E-state index contributed by atoms with van der Waals surface area (Å²) in [5.41, 5.74) is 7.19. The van der Waals surface area contributed by atoms with E-state index in [4.69, 9.17) is 15.2 Å². The molecule has 5 nitrogen and oxygen atoms in total. The Hall–Kier alpha value is -2.30. The molecule has 0 aliphatic rings. The van der Waals surface area contributed by atoms with Gasteiger partial charge in [-0.25, -0.2) is 4.98 Å². The average Bonchev–Trinajstić information content (AvgIpc) is 2.42. The van der Waals surface area contributed by atoms with E-state index >= 15 is 0 Å². The molecular formula is C14H17N3O2. The van der Waals surface area contributed by atoms with Crippen molar-refractivity contribution < 1.29 is 9.47 Å². The minimum absolute atomic E-state index is 0.403. The SMILES string of the molecule is CCOc1ccc(-c2cnc(N)cn2)cc1OCC. The fourth-order valence-electron chi connectivity index (χ4n) is 1.70. The van der Waals surface area contributed by atoms with Gasteiger partial charge < -0.3 is 15.2 Å². The van der Waals surface area contributed by atoms with Crippen molar-refractivity contribution in [2.75, 3.05) is 18.9 Å². The zero-order chi connectivity index (χ0) is 13.7. The maximum Gasteiger partial charge on any atom is 0.161 e. The Labute approximate surface area is 112 Å². The molecular weight excluding hydrogens is 242 g/mol. The lowest BCUT2D eigenvalue weighted by molar-refractivity contribution is 0.288. The highest BCUT2D eigenvalue weighted by Gasteiger charge is 2.08. The lowest BCUT2D eigenvalue weighted by atomic mass is 10.1. The summed E-state index contributed by atoms with van der Waals surface area (Å²) < 4.78 is 11.1. The minimum atomic E-state index is 0.403. The van der Waals surface area contributed by atoms with E-state index in [-0.39, 0.29) is 0 Å². The number of anilines is 1. The van der Waals surface area contributed by atoms with Gasteiger partial charge in [-0.2, -0.15) is 0 Å². The van der Waals surface area contributed by atoms with Gasteiger partial charge in [0.15, 0.2) is 11.5 Å². The second-order valence-electron chi connectivity index (χ2n) is 3.85. The molecule has 2 aromatic rings. The van der Waals surface area contributed by atoms with Crippen molar-refractivity contribution in [3.8, 4) is 22.8 Å². The topological polar surface area (TPSA) is 70.3 Å². The second kappa shape index (κ2) is 6.04. The molecule has 5 heteroatoms. The summed E-state index contributed by atoms with van der Waals surface area (Å²) in [6, 6.07) is 5.70. The van der Waals surface area contributed by atoms with Gasteiger partial charge in [-0.1, -0.05) is 0 Å². The quantitative estimate of drug-likeness (QED) is 0.893. The maximum atomic E-state index is 5.58. The third kappa shape index (κ3) is 3.13. The Bertz CT molecular complexity index is 541. The zero-order valence-corrected chi connectivity index (χ0v) is 11.1. The van der Waals surface area contributed by atoms with Crippen molar-refractivity contribution in [3.05, 3.63) is 30.6 Å². The van der Waals surface area contributed by atoms with E-state index < -0.39 is 0 Å². The van der Waals surface area contributed by atoms with Crippen molar-refractivity contribution in [2.24, 2.45) is 0 Å². The number of nitrogens with zero attached hydrogens (tertiary/aromatic N) is 2. The summed E-state index contributed by atoms with van der Waals surface area (Å²) in [5.74, 6) is 1.84. The van der Waals surface area contributed by atoms with E-state index in [9.17, 15) is 0 Å². The first-order valence-electron chi connectivity index (χ1n) is 6.22. The van der Waals surface area contributed by atoms with Crippen molar-refractivity contribution in [1.82, 2.24) is 9.97 Å². The lowest BCUT2D eigenvalue weighted by Crippen LogP contribution is -1.99. The largest absolute Gasteiger partial charge is 0.490 e. The van der Waals surface area contributed by atoms with Crippen molar-refractivity contribution >= 4 is 5.82 Å². The molecule has 0 bridgehead atoms. The molecule has 0 amide bonds. The van der Waals surface area contributed by atoms with Gasteiger partial charge in [-0.15, -0.1) is 0 Å². The molecule has 19 heavy (non-hydrogen) atoms. The molecule has 1 aromatic carbocycles. The van der Waals surface area contributed by atoms with Crippen molar-refractivity contribution in [2.45, 2.75) is 13.8 Å². The third-order valence-electron chi connectivity index (χ3n) is 2.51. The zero-order valence-electron chi connectivity index (χ0n) is 11.1. The third-order valence-corrected chi connectivity index (χ3v) is 2.51. The van der Waals surface area contributed by atoms with Crippen LogP contribution in [0, 0.1) is 0 Å². The standard InChI is InChI=1S/C14H17N3O2/c1-3-18-12-6-5-10(7-13(12)19-4-2)11-8-17-14(15)9-16-11/h5-9H,3-4H2,1-2H3,(H2,15,17). The molecule has 100 valence electrons. The Morgan fingerprint density at radius 1 is 1.00 bits per heavy atom. The molecule has 2 N–H and O–H groups in total. The lowest BCUT2D eigenvalue weighted by Gasteiger charge is -2.12. The Morgan fingerprint density at radius 2 is 1.74 bits per heavy atom. The number of hydrogen-bond acceptors (Lipinski definition) is 5. The Morgan fingerprint density at radius 3 is 2.37 bits per heavy atom. The first-order valence-corrected chi connectivity index (χ1v) is 6.22. The Balaban J connectivity index is 2.36. The van der Waals surface area contributed by atoms with Gasteiger partial charge >= 0.3 is 0 Å². The molecule has 1 aromatic heterocycles. The van der Waals surface area contributed by atoms with Crippen LogP contribution in [-0.4, -0.2) is 23.2 Å². The van der Waals surface area contributed by atoms with Gasteiger partial charge in [0.1, 0.15) is 5.82 Å². The summed E-state index contributed by atoms with van der Waals surface area (Å²) in [5, 5.41) is 0. The van der Waals surface area contributed by atoms with Crippen LogP contribution in [0.5, 0.6) is 11.5 Å². The number of aromatic nitrogens is 2. The highest BCUT2D eigenvalue weighted by molar-refractivity contribution is 5.63. The van der Waals surface area contributed by atoms with E-state index in [1.165, 1.54) is 6.20 Å². The molecule has 0 saturated heterocycles. The first-order chi connectivity index (χ1) is 9.24. The van der Waals surface area contributed by atoms with E-state index in [0.717, 1.165) is 17.0 Å². The summed E-state index contributed by atoms with van der Waals surface area (Å²) >= 11 is 0. The predicted molar refractivity (Wildman–Crippen MR) is 74.2 cm³/mol. The highest BCUT2D eigenvalue weighted by Crippen LogP contribution is 2.32. The number of hydrogen-bond donors (Lipinski definition) is 1. The normalized spacial score (nSPS) is 10.2. The van der Waals surface area contributed by atoms with E-state index in [0.29, 0.717) is 24.8 Å². The average molecular weight is 259 g/mol. The van der Waals surface area contributed by atoms with Crippen LogP contribution < -0.4 is 15.2 Å². The first kappa shape index (κ1) is 13.1. The Kier molecular flexibility index (Phi) is 4.18. The van der Waals surface area contributed by atoms with Crippen LogP contribution in [0.4, 0.5) is 5.82 Å². The molecule has 0 atom stereocenters.